The molecule has 2 rings (SSSR count). The van der Waals surface area contributed by atoms with Crippen molar-refractivity contribution in [3.63, 3.8) is 0 Å². The van der Waals surface area contributed by atoms with Crippen LogP contribution < -0.4 is 5.32 Å². The van der Waals surface area contributed by atoms with Crippen LogP contribution in [0.5, 0.6) is 0 Å². The third kappa shape index (κ3) is 4.55. The Morgan fingerprint density at radius 3 is 2.67 bits per heavy atom. The molecular weight excluding hydrogens is 308 g/mol. The smallest absolute Gasteiger partial charge is 0.290 e. The van der Waals surface area contributed by atoms with Crippen LogP contribution in [0.2, 0.25) is 0 Å². The van der Waals surface area contributed by atoms with E-state index in [4.69, 9.17) is 0 Å². The van der Waals surface area contributed by atoms with Gasteiger partial charge in [-0.25, -0.2) is 0 Å². The van der Waals surface area contributed by atoms with Crippen molar-refractivity contribution in [2.24, 2.45) is 23.7 Å². The molecule has 0 bridgehead atoms. The van der Waals surface area contributed by atoms with E-state index in [1.54, 1.807) is 19.1 Å². The van der Waals surface area contributed by atoms with E-state index in [0.717, 1.165) is 24.8 Å². The minimum absolute atomic E-state index is 0.0415. The number of alkyl halides is 2. The molecule has 0 spiro atoms. The number of carbonyl (C=O) groups excluding carboxylic acids is 1. The Morgan fingerprint density at radius 1 is 1.33 bits per heavy atom. The highest BCUT2D eigenvalue weighted by Crippen LogP contribution is 2.38. The Labute approximate surface area is 144 Å². The van der Waals surface area contributed by atoms with Gasteiger partial charge in [0.1, 0.15) is 0 Å². The van der Waals surface area contributed by atoms with E-state index in [-0.39, 0.29) is 23.3 Å². The highest BCUT2D eigenvalue weighted by atomic mass is 19.3. The van der Waals surface area contributed by atoms with Crippen molar-refractivity contribution in [3.05, 3.63) is 35.4 Å². The number of halogens is 2. The normalized spacial score (nSPS) is 24.9. The molecule has 0 heterocycles. The van der Waals surface area contributed by atoms with Gasteiger partial charge in [-0.2, -0.15) is 8.78 Å². The molecule has 1 aliphatic rings. The van der Waals surface area contributed by atoms with Gasteiger partial charge in [0.15, 0.2) is 0 Å². The highest BCUT2D eigenvalue weighted by molar-refractivity contribution is 5.79. The number of aryl methyl sites for hydroxylation is 1. The molecule has 1 aliphatic carbocycles. The van der Waals surface area contributed by atoms with Gasteiger partial charge in [-0.3, -0.25) is 4.79 Å². The van der Waals surface area contributed by atoms with Gasteiger partial charge in [0.2, 0.25) is 5.91 Å². The third-order valence-corrected chi connectivity index (χ3v) is 5.28. The average molecular weight is 337 g/mol. The summed E-state index contributed by atoms with van der Waals surface area (Å²) >= 11 is 0. The van der Waals surface area contributed by atoms with Crippen molar-refractivity contribution in [1.82, 2.24) is 5.32 Å². The van der Waals surface area contributed by atoms with Crippen LogP contribution in [0, 0.1) is 30.6 Å². The van der Waals surface area contributed by atoms with Gasteiger partial charge in [-0.05, 0) is 37.5 Å². The molecule has 0 radical (unpaired) electrons. The molecule has 24 heavy (non-hydrogen) atoms. The second-order valence-corrected chi connectivity index (χ2v) is 7.72. The first-order valence-electron chi connectivity index (χ1n) is 8.93. The molecule has 3 atom stereocenters. The van der Waals surface area contributed by atoms with Crippen LogP contribution in [0.4, 0.5) is 8.78 Å². The maximum atomic E-state index is 14.4. The summed E-state index contributed by atoms with van der Waals surface area (Å²) in [5, 5.41) is 2.53. The number of rotatable bonds is 5. The molecule has 2 nitrogen and oxygen atoms in total. The molecule has 1 amide bonds. The van der Waals surface area contributed by atoms with Crippen LogP contribution in [0.15, 0.2) is 24.3 Å². The molecule has 0 aliphatic heterocycles. The quantitative estimate of drug-likeness (QED) is 0.812. The fourth-order valence-corrected chi connectivity index (χ4v) is 3.81. The number of nitrogens with one attached hydrogen (secondary N) is 1. The molecule has 1 fully saturated rings. The molecule has 0 aromatic heterocycles. The van der Waals surface area contributed by atoms with Crippen LogP contribution in [0.1, 0.15) is 51.2 Å². The van der Waals surface area contributed by atoms with Crippen molar-refractivity contribution in [3.8, 4) is 0 Å². The number of benzene rings is 1. The van der Waals surface area contributed by atoms with Gasteiger partial charge in [0.05, 0.1) is 6.54 Å². The molecule has 0 saturated heterocycles. The standard InChI is InChI=1S/C20H29F2NO/c1-13(2)17-9-8-15(4)11-18(17)19(24)23-12-20(21,22)16-7-5-6-14(3)10-16/h5-7,10,13,15,17-18H,8-9,11-12H2,1-4H3,(H,23,24)/t15?,17-,18+/m0/s1. The van der Waals surface area contributed by atoms with Gasteiger partial charge in [-0.15, -0.1) is 0 Å². The van der Waals surface area contributed by atoms with Crippen molar-refractivity contribution in [1.29, 1.82) is 0 Å². The zero-order chi connectivity index (χ0) is 17.9. The summed E-state index contributed by atoms with van der Waals surface area (Å²) in [6, 6.07) is 6.30. The lowest BCUT2D eigenvalue weighted by molar-refractivity contribution is -0.131. The third-order valence-electron chi connectivity index (χ3n) is 5.28. The van der Waals surface area contributed by atoms with Gasteiger partial charge in [0.25, 0.3) is 5.92 Å². The Hall–Kier alpha value is -1.45. The van der Waals surface area contributed by atoms with E-state index in [9.17, 15) is 13.6 Å². The Kier molecular flexibility index (Phi) is 6.00. The van der Waals surface area contributed by atoms with Crippen molar-refractivity contribution >= 4 is 5.91 Å². The van der Waals surface area contributed by atoms with Crippen LogP contribution in [0.25, 0.3) is 0 Å². The van der Waals surface area contributed by atoms with E-state index in [2.05, 4.69) is 26.1 Å². The Morgan fingerprint density at radius 2 is 2.04 bits per heavy atom. The lowest BCUT2D eigenvalue weighted by Gasteiger charge is -2.36. The summed E-state index contributed by atoms with van der Waals surface area (Å²) < 4.78 is 28.8. The van der Waals surface area contributed by atoms with Crippen LogP contribution in [-0.2, 0) is 10.7 Å². The Balaban J connectivity index is 2.02. The van der Waals surface area contributed by atoms with E-state index in [1.165, 1.54) is 12.1 Å². The first kappa shape index (κ1) is 18.9. The predicted octanol–water partition coefficient (Wildman–Crippen LogP) is 4.91. The molecule has 1 aromatic rings. The summed E-state index contributed by atoms with van der Waals surface area (Å²) in [5.74, 6) is -2.25. The van der Waals surface area contributed by atoms with Crippen LogP contribution >= 0.6 is 0 Å². The van der Waals surface area contributed by atoms with Crippen molar-refractivity contribution in [2.75, 3.05) is 6.54 Å². The minimum atomic E-state index is -3.05. The molecule has 4 heteroatoms. The molecule has 1 N–H and O–H groups in total. The van der Waals surface area contributed by atoms with Crippen molar-refractivity contribution in [2.45, 2.75) is 52.9 Å². The molecule has 1 unspecified atom stereocenters. The second-order valence-electron chi connectivity index (χ2n) is 7.72. The first-order chi connectivity index (χ1) is 11.2. The monoisotopic (exact) mass is 337 g/mol. The zero-order valence-corrected chi connectivity index (χ0v) is 15.1. The minimum Gasteiger partial charge on any atom is -0.349 e. The molecular formula is C20H29F2NO. The largest absolute Gasteiger partial charge is 0.349 e. The lowest BCUT2D eigenvalue weighted by Crippen LogP contribution is -2.43. The number of amides is 1. The van der Waals surface area contributed by atoms with Crippen LogP contribution in [-0.4, -0.2) is 12.5 Å². The van der Waals surface area contributed by atoms with Crippen molar-refractivity contribution < 1.29 is 13.6 Å². The first-order valence-corrected chi connectivity index (χ1v) is 8.93. The summed E-state index contributed by atoms with van der Waals surface area (Å²) in [6.45, 7) is 7.52. The predicted molar refractivity (Wildman–Crippen MR) is 92.9 cm³/mol. The summed E-state index contributed by atoms with van der Waals surface area (Å²) in [4.78, 5) is 12.6. The Bertz CT molecular complexity index is 571. The fourth-order valence-electron chi connectivity index (χ4n) is 3.81. The maximum absolute atomic E-state index is 14.4. The molecule has 134 valence electrons. The van der Waals surface area contributed by atoms with Crippen LogP contribution in [0.3, 0.4) is 0 Å². The van der Waals surface area contributed by atoms with E-state index in [0.29, 0.717) is 11.8 Å². The molecule has 1 aromatic carbocycles. The van der Waals surface area contributed by atoms with E-state index in [1.807, 2.05) is 0 Å². The summed E-state index contributed by atoms with van der Waals surface area (Å²) in [5.41, 5.74) is 0.750. The SMILES string of the molecule is Cc1cccc(C(F)(F)CNC(=O)[C@@H]2CC(C)CC[C@H]2C(C)C)c1. The zero-order valence-electron chi connectivity index (χ0n) is 15.1. The summed E-state index contributed by atoms with van der Waals surface area (Å²) in [7, 11) is 0. The number of hydrogen-bond acceptors (Lipinski definition) is 1. The lowest BCUT2D eigenvalue weighted by atomic mass is 9.70. The topological polar surface area (TPSA) is 29.1 Å². The molecule has 1 saturated carbocycles. The maximum Gasteiger partial charge on any atom is 0.290 e. The van der Waals surface area contributed by atoms with Gasteiger partial charge >= 0.3 is 0 Å². The average Bonchev–Trinajstić information content (AvgIpc) is 2.52. The van der Waals surface area contributed by atoms with E-state index >= 15 is 0 Å². The summed E-state index contributed by atoms with van der Waals surface area (Å²) in [6.07, 6.45) is 2.92. The second kappa shape index (κ2) is 7.62. The van der Waals surface area contributed by atoms with Gasteiger partial charge in [0, 0.05) is 11.5 Å². The van der Waals surface area contributed by atoms with Gasteiger partial charge in [-0.1, -0.05) is 57.0 Å². The highest BCUT2D eigenvalue weighted by Gasteiger charge is 2.37. The number of carbonyl (C=O) groups is 1. The van der Waals surface area contributed by atoms with E-state index < -0.39 is 12.5 Å². The number of hydrogen-bond donors (Lipinski definition) is 1. The van der Waals surface area contributed by atoms with Gasteiger partial charge < -0.3 is 5.32 Å². The fraction of sp³-hybridized carbons (Fsp3) is 0.650.